The molecule has 224 valence electrons. The summed E-state index contributed by atoms with van der Waals surface area (Å²) in [5.41, 5.74) is 11.4. The van der Waals surface area contributed by atoms with E-state index in [0.717, 1.165) is 39.4 Å². The highest BCUT2D eigenvalue weighted by Crippen LogP contribution is 2.44. The van der Waals surface area contributed by atoms with Crippen LogP contribution in [0, 0.1) is 0 Å². The van der Waals surface area contributed by atoms with Crippen molar-refractivity contribution in [1.29, 1.82) is 0 Å². The van der Waals surface area contributed by atoms with Gasteiger partial charge in [0.1, 0.15) is 5.82 Å². The number of benzene rings is 7. The molecule has 0 saturated heterocycles. The maximum atomic E-state index is 5.49. The van der Waals surface area contributed by atoms with Gasteiger partial charge in [0, 0.05) is 38.4 Å². The monoisotopic (exact) mass is 611 g/mol. The summed E-state index contributed by atoms with van der Waals surface area (Å²) in [4.78, 5) is 5.49. The lowest BCUT2D eigenvalue weighted by molar-refractivity contribution is 1.18. The molecule has 0 aliphatic heterocycles. The Morgan fingerprint density at radius 3 is 1.62 bits per heavy atom. The largest absolute Gasteiger partial charge is 0.309 e. The maximum absolute atomic E-state index is 5.49. The first kappa shape index (κ1) is 26.7. The second kappa shape index (κ2) is 10.5. The fraction of sp³-hybridized carbons (Fsp3) is 0. The van der Waals surface area contributed by atoms with Crippen LogP contribution in [0.3, 0.4) is 0 Å². The van der Waals surface area contributed by atoms with Crippen molar-refractivity contribution in [2.24, 2.45) is 0 Å². The van der Waals surface area contributed by atoms with Crippen LogP contribution in [0.2, 0.25) is 0 Å². The van der Waals surface area contributed by atoms with Crippen molar-refractivity contribution in [3.8, 4) is 39.5 Å². The van der Waals surface area contributed by atoms with E-state index in [0.29, 0.717) is 0 Å². The third-order valence-corrected chi connectivity index (χ3v) is 9.70. The normalized spacial score (nSPS) is 11.8. The molecule has 0 spiro atoms. The van der Waals surface area contributed by atoms with Gasteiger partial charge in [0.2, 0.25) is 0 Å². The molecule has 10 rings (SSSR count). The summed E-state index contributed by atoms with van der Waals surface area (Å²) in [6.07, 6.45) is 0. The number of aromatic nitrogens is 3. The summed E-state index contributed by atoms with van der Waals surface area (Å²) in [5.74, 6) is 0.935. The van der Waals surface area contributed by atoms with Crippen LogP contribution in [0.25, 0.3) is 88.5 Å². The lowest BCUT2D eigenvalue weighted by atomic mass is 9.99. The van der Waals surface area contributed by atoms with Crippen LogP contribution in [0.5, 0.6) is 0 Å². The summed E-state index contributed by atoms with van der Waals surface area (Å²) >= 11 is 0. The van der Waals surface area contributed by atoms with Gasteiger partial charge in [0.15, 0.2) is 0 Å². The minimum Gasteiger partial charge on any atom is -0.309 e. The van der Waals surface area contributed by atoms with Crippen molar-refractivity contribution in [2.45, 2.75) is 0 Å². The zero-order valence-corrected chi connectivity index (χ0v) is 26.1. The molecule has 3 aromatic heterocycles. The standard InChI is InChI=1S/C45H29N3/c1-4-14-30(15-5-1)31-24-26-32(27-25-31)42-44-37-22-11-10-21-36(37)41-40(48(44)45(46-42)33-16-6-2-7-17-33)29-28-38-35-20-12-13-23-39(35)47(43(38)41)34-18-8-3-9-19-34/h1-29H. The van der Waals surface area contributed by atoms with E-state index in [1.54, 1.807) is 0 Å². The number of pyridine rings is 1. The first-order valence-electron chi connectivity index (χ1n) is 16.4. The highest BCUT2D eigenvalue weighted by atomic mass is 15.0. The van der Waals surface area contributed by atoms with Gasteiger partial charge in [-0.15, -0.1) is 0 Å². The Kier molecular flexibility index (Phi) is 5.87. The number of hydrogen-bond acceptors (Lipinski definition) is 1. The molecule has 3 nitrogen and oxygen atoms in total. The van der Waals surface area contributed by atoms with Crippen LogP contribution >= 0.6 is 0 Å². The summed E-state index contributed by atoms with van der Waals surface area (Å²) in [6.45, 7) is 0. The number of imidazole rings is 1. The molecule has 0 atom stereocenters. The van der Waals surface area contributed by atoms with Crippen LogP contribution < -0.4 is 0 Å². The van der Waals surface area contributed by atoms with E-state index >= 15 is 0 Å². The van der Waals surface area contributed by atoms with Crippen LogP contribution in [0.1, 0.15) is 0 Å². The molecule has 0 N–H and O–H groups in total. The van der Waals surface area contributed by atoms with Gasteiger partial charge in [-0.3, -0.25) is 4.40 Å². The number of para-hydroxylation sites is 2. The fourth-order valence-corrected chi connectivity index (χ4v) is 7.59. The molecule has 7 aromatic carbocycles. The van der Waals surface area contributed by atoms with E-state index in [4.69, 9.17) is 4.98 Å². The molecule has 3 heterocycles. The quantitative estimate of drug-likeness (QED) is 0.182. The van der Waals surface area contributed by atoms with E-state index in [-0.39, 0.29) is 0 Å². The predicted molar refractivity (Wildman–Crippen MR) is 201 cm³/mol. The van der Waals surface area contributed by atoms with Crippen molar-refractivity contribution < 1.29 is 0 Å². The van der Waals surface area contributed by atoms with Crippen molar-refractivity contribution in [3.63, 3.8) is 0 Å². The van der Waals surface area contributed by atoms with Crippen LogP contribution in [0.15, 0.2) is 176 Å². The van der Waals surface area contributed by atoms with Gasteiger partial charge >= 0.3 is 0 Å². The van der Waals surface area contributed by atoms with E-state index in [9.17, 15) is 0 Å². The number of rotatable bonds is 4. The van der Waals surface area contributed by atoms with Crippen molar-refractivity contribution >= 4 is 49.0 Å². The van der Waals surface area contributed by atoms with Crippen LogP contribution in [0.4, 0.5) is 0 Å². The van der Waals surface area contributed by atoms with Gasteiger partial charge in [-0.05, 0) is 40.8 Å². The van der Waals surface area contributed by atoms with Gasteiger partial charge in [0.05, 0.1) is 27.8 Å². The van der Waals surface area contributed by atoms with Crippen molar-refractivity contribution in [1.82, 2.24) is 14.0 Å². The molecule has 0 unspecified atom stereocenters. The van der Waals surface area contributed by atoms with E-state index in [1.807, 2.05) is 0 Å². The molecule has 0 bridgehead atoms. The fourth-order valence-electron chi connectivity index (χ4n) is 7.59. The number of hydrogen-bond donors (Lipinski definition) is 0. The third kappa shape index (κ3) is 3.91. The second-order valence-corrected chi connectivity index (χ2v) is 12.4. The number of fused-ring (bicyclic) bond motifs is 10. The molecule has 0 aliphatic rings. The molecule has 48 heavy (non-hydrogen) atoms. The van der Waals surface area contributed by atoms with E-state index in [1.165, 1.54) is 49.1 Å². The van der Waals surface area contributed by atoms with Crippen LogP contribution in [-0.2, 0) is 0 Å². The van der Waals surface area contributed by atoms with Gasteiger partial charge in [0.25, 0.3) is 0 Å². The Bertz CT molecular complexity index is 2790. The molecular formula is C45H29N3. The summed E-state index contributed by atoms with van der Waals surface area (Å²) in [5, 5.41) is 6.10. The summed E-state index contributed by atoms with van der Waals surface area (Å²) < 4.78 is 4.84. The summed E-state index contributed by atoms with van der Waals surface area (Å²) in [7, 11) is 0. The molecule has 0 aliphatic carbocycles. The van der Waals surface area contributed by atoms with Gasteiger partial charge in [-0.1, -0.05) is 152 Å². The van der Waals surface area contributed by atoms with Crippen molar-refractivity contribution in [3.05, 3.63) is 176 Å². The number of nitrogens with zero attached hydrogens (tertiary/aromatic N) is 3. The SMILES string of the molecule is c1ccc(-c2ccc(-c3nc(-c4ccccc4)n4c5ccc6c7ccccc7n(-c7ccccc7)c6c5c5ccccc5c34)cc2)cc1. The average Bonchev–Trinajstić information content (AvgIpc) is 3.73. The smallest absolute Gasteiger partial charge is 0.145 e. The van der Waals surface area contributed by atoms with Crippen LogP contribution in [-0.4, -0.2) is 14.0 Å². The minimum atomic E-state index is 0.935. The second-order valence-electron chi connectivity index (χ2n) is 12.4. The Morgan fingerprint density at radius 2 is 0.896 bits per heavy atom. The first-order valence-corrected chi connectivity index (χ1v) is 16.4. The zero-order valence-electron chi connectivity index (χ0n) is 26.1. The van der Waals surface area contributed by atoms with Gasteiger partial charge in [-0.2, -0.15) is 0 Å². The molecule has 10 aromatic rings. The van der Waals surface area contributed by atoms with Crippen molar-refractivity contribution in [2.75, 3.05) is 0 Å². The summed E-state index contributed by atoms with van der Waals surface area (Å²) in [6, 6.07) is 62.9. The maximum Gasteiger partial charge on any atom is 0.145 e. The van der Waals surface area contributed by atoms with E-state index in [2.05, 4.69) is 185 Å². The highest BCUT2D eigenvalue weighted by Gasteiger charge is 2.23. The molecule has 3 heteroatoms. The highest BCUT2D eigenvalue weighted by molar-refractivity contribution is 6.27. The Labute approximate surface area is 277 Å². The first-order chi connectivity index (χ1) is 23.8. The predicted octanol–water partition coefficient (Wildman–Crippen LogP) is 11.7. The lowest BCUT2D eigenvalue weighted by Crippen LogP contribution is -1.98. The third-order valence-electron chi connectivity index (χ3n) is 9.70. The molecule has 0 amide bonds. The minimum absolute atomic E-state index is 0.935. The molecule has 0 fully saturated rings. The Hall–Kier alpha value is -6.45. The molecule has 0 saturated carbocycles. The lowest BCUT2D eigenvalue weighted by Gasteiger charge is -2.15. The van der Waals surface area contributed by atoms with Gasteiger partial charge in [-0.25, -0.2) is 4.98 Å². The topological polar surface area (TPSA) is 22.2 Å². The average molecular weight is 612 g/mol. The zero-order chi connectivity index (χ0) is 31.6. The van der Waals surface area contributed by atoms with Gasteiger partial charge < -0.3 is 4.57 Å². The Balaban J connectivity index is 1.38. The molecular weight excluding hydrogens is 583 g/mol. The molecule has 0 radical (unpaired) electrons. The Morgan fingerprint density at radius 1 is 0.354 bits per heavy atom. The van der Waals surface area contributed by atoms with E-state index < -0.39 is 0 Å².